The second-order valence-electron chi connectivity index (χ2n) is 9.42. The summed E-state index contributed by atoms with van der Waals surface area (Å²) in [5, 5.41) is 6.15. The molecule has 0 aliphatic carbocycles. The van der Waals surface area contributed by atoms with E-state index >= 15 is 0 Å². The fourth-order valence-electron chi connectivity index (χ4n) is 4.68. The first-order valence-corrected chi connectivity index (χ1v) is 12.9. The highest BCUT2D eigenvalue weighted by atomic mass is 19.3. The van der Waals surface area contributed by atoms with Crippen LogP contribution in [-0.2, 0) is 20.9 Å². The Balaban J connectivity index is 1.20. The quantitative estimate of drug-likeness (QED) is 0.271. The number of rotatable bonds is 10. The van der Waals surface area contributed by atoms with Crippen LogP contribution in [-0.4, -0.2) is 64.4 Å². The lowest BCUT2D eigenvalue weighted by Crippen LogP contribution is -2.49. The molecule has 0 bridgehead atoms. The minimum Gasteiger partial charge on any atom is -0.457 e. The number of pyridine rings is 1. The first-order chi connectivity index (χ1) is 19.9. The number of aromatic nitrogens is 2. The standard InChI is InChI=1S/C29H27F2N5O5/c30-29(31)41-23-13-25(28(39)33-15-20-11-19-14-32-10-9-24(19)35-20)36(17-23)26(37)16-34-27(38)18-5-4-8-22(12-18)40-21-6-2-1-3-7-21/h1-12,14,23,25,29,35H,13,15-17H2,(H,33,39)(H,34,38)/t23-,25+/m1/s1. The van der Waals surface area contributed by atoms with E-state index in [9.17, 15) is 23.2 Å². The number of halogens is 2. The molecule has 10 nitrogen and oxygen atoms in total. The maximum atomic E-state index is 13.1. The number of aromatic amines is 1. The monoisotopic (exact) mass is 563 g/mol. The Kier molecular flexibility index (Phi) is 8.49. The third kappa shape index (κ3) is 7.03. The van der Waals surface area contributed by atoms with E-state index in [2.05, 4.69) is 25.3 Å². The number of hydrogen-bond acceptors (Lipinski definition) is 6. The van der Waals surface area contributed by atoms with Crippen LogP contribution in [0.15, 0.2) is 79.1 Å². The van der Waals surface area contributed by atoms with Crippen molar-refractivity contribution in [2.24, 2.45) is 0 Å². The topological polar surface area (TPSA) is 126 Å². The molecule has 1 fully saturated rings. The molecule has 3 heterocycles. The molecule has 2 aromatic carbocycles. The van der Waals surface area contributed by atoms with E-state index in [1.807, 2.05) is 24.3 Å². The fraction of sp³-hybridized carbons (Fsp3) is 0.241. The van der Waals surface area contributed by atoms with Crippen molar-refractivity contribution in [3.63, 3.8) is 0 Å². The van der Waals surface area contributed by atoms with Gasteiger partial charge in [-0.15, -0.1) is 0 Å². The molecule has 3 N–H and O–H groups in total. The molecule has 1 aliphatic heterocycles. The fourth-order valence-corrected chi connectivity index (χ4v) is 4.68. The molecule has 0 unspecified atom stereocenters. The lowest BCUT2D eigenvalue weighted by molar-refractivity contribution is -0.160. The van der Waals surface area contributed by atoms with Crippen LogP contribution in [0, 0.1) is 0 Å². The smallest absolute Gasteiger partial charge is 0.345 e. The predicted octanol–water partition coefficient (Wildman–Crippen LogP) is 3.61. The number of H-pyrrole nitrogens is 1. The summed E-state index contributed by atoms with van der Waals surface area (Å²) in [6.07, 6.45) is 2.18. The van der Waals surface area contributed by atoms with Gasteiger partial charge < -0.3 is 30.0 Å². The van der Waals surface area contributed by atoms with Crippen molar-refractivity contribution in [3.8, 4) is 11.5 Å². The molecule has 1 aliphatic rings. The number of hydrogen-bond donors (Lipinski definition) is 3. The zero-order valence-electron chi connectivity index (χ0n) is 21.8. The van der Waals surface area contributed by atoms with Gasteiger partial charge in [0.1, 0.15) is 17.5 Å². The molecule has 5 rings (SSSR count). The summed E-state index contributed by atoms with van der Waals surface area (Å²) in [6, 6.07) is 18.1. The number of benzene rings is 2. The molecule has 0 radical (unpaired) electrons. The van der Waals surface area contributed by atoms with Gasteiger partial charge in [0.05, 0.1) is 19.2 Å². The van der Waals surface area contributed by atoms with Gasteiger partial charge in [-0.25, -0.2) is 0 Å². The lowest BCUT2D eigenvalue weighted by atomic mass is 10.1. The number of alkyl halides is 2. The molecule has 1 saturated heterocycles. The molecule has 3 amide bonds. The van der Waals surface area contributed by atoms with Crippen molar-refractivity contribution in [1.82, 2.24) is 25.5 Å². The van der Waals surface area contributed by atoms with E-state index in [-0.39, 0.29) is 25.1 Å². The van der Waals surface area contributed by atoms with Crippen molar-refractivity contribution in [2.45, 2.75) is 31.7 Å². The number of carbonyl (C=O) groups is 3. The van der Waals surface area contributed by atoms with Crippen LogP contribution >= 0.6 is 0 Å². The highest BCUT2D eigenvalue weighted by molar-refractivity contribution is 5.97. The van der Waals surface area contributed by atoms with Gasteiger partial charge in [-0.1, -0.05) is 24.3 Å². The van der Waals surface area contributed by atoms with E-state index < -0.39 is 43.0 Å². The van der Waals surface area contributed by atoms with E-state index in [1.54, 1.807) is 48.8 Å². The van der Waals surface area contributed by atoms with Crippen LogP contribution in [0.3, 0.4) is 0 Å². The van der Waals surface area contributed by atoms with Gasteiger partial charge in [0, 0.05) is 47.5 Å². The third-order valence-electron chi connectivity index (χ3n) is 6.59. The average molecular weight is 564 g/mol. The Bertz CT molecular complexity index is 1500. The van der Waals surface area contributed by atoms with Crippen LogP contribution in [0.5, 0.6) is 11.5 Å². The largest absolute Gasteiger partial charge is 0.457 e. The first kappa shape index (κ1) is 27.7. The van der Waals surface area contributed by atoms with Gasteiger partial charge in [-0.2, -0.15) is 8.78 Å². The molecule has 212 valence electrons. The van der Waals surface area contributed by atoms with Gasteiger partial charge in [-0.3, -0.25) is 19.4 Å². The van der Waals surface area contributed by atoms with Crippen LogP contribution in [0.25, 0.3) is 10.9 Å². The normalized spacial score (nSPS) is 16.6. The molecular weight excluding hydrogens is 536 g/mol. The Morgan fingerprint density at radius 3 is 2.61 bits per heavy atom. The number of amides is 3. The minimum absolute atomic E-state index is 0.106. The summed E-state index contributed by atoms with van der Waals surface area (Å²) < 4.78 is 36.2. The maximum absolute atomic E-state index is 13.1. The van der Waals surface area contributed by atoms with Crippen molar-refractivity contribution in [2.75, 3.05) is 13.1 Å². The molecule has 4 aromatic rings. The summed E-state index contributed by atoms with van der Waals surface area (Å²) >= 11 is 0. The summed E-state index contributed by atoms with van der Waals surface area (Å²) in [5.41, 5.74) is 1.82. The molecule has 0 spiro atoms. The first-order valence-electron chi connectivity index (χ1n) is 12.9. The van der Waals surface area contributed by atoms with Crippen LogP contribution < -0.4 is 15.4 Å². The zero-order chi connectivity index (χ0) is 28.8. The van der Waals surface area contributed by atoms with Gasteiger partial charge >= 0.3 is 6.61 Å². The molecule has 41 heavy (non-hydrogen) atoms. The molecule has 0 saturated carbocycles. The van der Waals surface area contributed by atoms with Crippen molar-refractivity contribution in [1.29, 1.82) is 0 Å². The van der Waals surface area contributed by atoms with E-state index in [4.69, 9.17) is 4.74 Å². The highest BCUT2D eigenvalue weighted by Gasteiger charge is 2.41. The molecular formula is C29H27F2N5O5. The van der Waals surface area contributed by atoms with E-state index in [0.29, 0.717) is 17.2 Å². The number of fused-ring (bicyclic) bond motifs is 1. The Morgan fingerprint density at radius 2 is 1.83 bits per heavy atom. The summed E-state index contributed by atoms with van der Waals surface area (Å²) in [4.78, 5) is 47.3. The number of para-hydroxylation sites is 1. The number of ether oxygens (including phenoxy) is 2. The highest BCUT2D eigenvalue weighted by Crippen LogP contribution is 2.24. The van der Waals surface area contributed by atoms with Crippen LogP contribution in [0.2, 0.25) is 0 Å². The number of nitrogens with zero attached hydrogens (tertiary/aromatic N) is 2. The third-order valence-corrected chi connectivity index (χ3v) is 6.59. The number of carbonyl (C=O) groups excluding carboxylic acids is 3. The van der Waals surface area contributed by atoms with Gasteiger partial charge in [0.15, 0.2) is 0 Å². The van der Waals surface area contributed by atoms with E-state index in [0.717, 1.165) is 15.8 Å². The van der Waals surface area contributed by atoms with Crippen molar-refractivity contribution >= 4 is 28.6 Å². The predicted molar refractivity (Wildman–Crippen MR) is 144 cm³/mol. The Labute approximate surface area is 233 Å². The van der Waals surface area contributed by atoms with Gasteiger partial charge in [0.25, 0.3) is 5.91 Å². The minimum atomic E-state index is -3.05. The Morgan fingerprint density at radius 1 is 1.02 bits per heavy atom. The SMILES string of the molecule is O=C(NCC(=O)N1C[C@H](OC(F)F)C[C@H]1C(=O)NCc1cc2cnccc2[nH]1)c1cccc(Oc2ccccc2)c1. The van der Waals surface area contributed by atoms with Crippen molar-refractivity contribution in [3.05, 3.63) is 90.4 Å². The summed E-state index contributed by atoms with van der Waals surface area (Å²) in [7, 11) is 0. The number of nitrogens with one attached hydrogen (secondary N) is 3. The maximum Gasteiger partial charge on any atom is 0.345 e. The Hall–Kier alpha value is -4.84. The van der Waals surface area contributed by atoms with Gasteiger partial charge in [0.2, 0.25) is 11.8 Å². The summed E-state index contributed by atoms with van der Waals surface area (Å²) in [5.74, 6) is -0.629. The second kappa shape index (κ2) is 12.6. The lowest BCUT2D eigenvalue weighted by Gasteiger charge is -2.24. The number of likely N-dealkylation sites (tertiary alicyclic amines) is 1. The average Bonchev–Trinajstić information content (AvgIpc) is 3.59. The molecule has 2 atom stereocenters. The zero-order valence-corrected chi connectivity index (χ0v) is 21.8. The van der Waals surface area contributed by atoms with Crippen LogP contribution in [0.1, 0.15) is 22.5 Å². The molecule has 12 heteroatoms. The van der Waals surface area contributed by atoms with Gasteiger partial charge in [-0.05, 0) is 42.5 Å². The van der Waals surface area contributed by atoms with Crippen LogP contribution in [0.4, 0.5) is 8.78 Å². The van der Waals surface area contributed by atoms with Crippen molar-refractivity contribution < 1.29 is 32.6 Å². The summed E-state index contributed by atoms with van der Waals surface area (Å²) in [6.45, 7) is -3.58. The van der Waals surface area contributed by atoms with E-state index in [1.165, 1.54) is 6.07 Å². The molecule has 2 aromatic heterocycles. The second-order valence-corrected chi connectivity index (χ2v) is 9.42.